The zero-order valence-electron chi connectivity index (χ0n) is 10.7. The summed E-state index contributed by atoms with van der Waals surface area (Å²) in [5, 5.41) is 3.04. The van der Waals surface area contributed by atoms with Gasteiger partial charge in [0.05, 0.1) is 18.3 Å². The molecule has 0 bridgehead atoms. The predicted octanol–water partition coefficient (Wildman–Crippen LogP) is 2.13. The van der Waals surface area contributed by atoms with Crippen LogP contribution in [0.1, 0.15) is 5.56 Å². The van der Waals surface area contributed by atoms with Gasteiger partial charge < -0.3 is 15.0 Å². The number of nitrogens with zero attached hydrogens (tertiary/aromatic N) is 1. The van der Waals surface area contributed by atoms with Crippen LogP contribution in [-0.4, -0.2) is 39.4 Å². The molecule has 1 fully saturated rings. The van der Waals surface area contributed by atoms with Gasteiger partial charge >= 0.3 is 6.18 Å². The highest BCUT2D eigenvalue weighted by atomic mass is 19.4. The van der Waals surface area contributed by atoms with Crippen molar-refractivity contribution in [3.05, 3.63) is 29.8 Å². The molecule has 1 saturated heterocycles. The third kappa shape index (κ3) is 3.61. The summed E-state index contributed by atoms with van der Waals surface area (Å²) in [4.78, 5) is 2.05. The Balaban J connectivity index is 2.05. The Morgan fingerprint density at radius 3 is 2.58 bits per heavy atom. The lowest BCUT2D eigenvalue weighted by atomic mass is 10.1. The standard InChI is InChI=1S/C13H17F3N2O/c1-17-8-12-9-18(6-7-19-12)11-4-2-10(3-5-11)13(14,15)16/h2-5,12,17H,6-9H2,1H3. The molecule has 1 aliphatic rings. The maximum Gasteiger partial charge on any atom is 0.416 e. The Hall–Kier alpha value is -1.27. The third-order valence-corrected chi connectivity index (χ3v) is 3.13. The molecule has 0 radical (unpaired) electrons. The first-order valence-electron chi connectivity index (χ1n) is 6.19. The van der Waals surface area contributed by atoms with Gasteiger partial charge in [-0.1, -0.05) is 0 Å². The number of benzene rings is 1. The number of halogens is 3. The molecular formula is C13H17F3N2O. The van der Waals surface area contributed by atoms with Crippen LogP contribution < -0.4 is 10.2 Å². The predicted molar refractivity (Wildman–Crippen MR) is 67.3 cm³/mol. The Morgan fingerprint density at radius 2 is 2.00 bits per heavy atom. The first-order valence-corrected chi connectivity index (χ1v) is 6.19. The smallest absolute Gasteiger partial charge is 0.373 e. The summed E-state index contributed by atoms with van der Waals surface area (Å²) in [5.74, 6) is 0. The van der Waals surface area contributed by atoms with E-state index in [0.717, 1.165) is 24.4 Å². The number of morpholine rings is 1. The van der Waals surface area contributed by atoms with E-state index in [4.69, 9.17) is 4.74 Å². The van der Waals surface area contributed by atoms with Gasteiger partial charge in [0.1, 0.15) is 0 Å². The fourth-order valence-electron chi connectivity index (χ4n) is 2.17. The van der Waals surface area contributed by atoms with Crippen molar-refractivity contribution in [1.29, 1.82) is 0 Å². The molecule has 3 nitrogen and oxygen atoms in total. The van der Waals surface area contributed by atoms with Crippen LogP contribution in [0, 0.1) is 0 Å². The van der Waals surface area contributed by atoms with Crippen molar-refractivity contribution < 1.29 is 17.9 Å². The van der Waals surface area contributed by atoms with Crippen LogP contribution in [0.3, 0.4) is 0 Å². The van der Waals surface area contributed by atoms with Gasteiger partial charge in [0.15, 0.2) is 0 Å². The molecule has 1 heterocycles. The molecule has 1 aromatic carbocycles. The second-order valence-corrected chi connectivity index (χ2v) is 4.54. The highest BCUT2D eigenvalue weighted by molar-refractivity contribution is 5.48. The minimum atomic E-state index is -4.28. The first-order chi connectivity index (χ1) is 9.00. The summed E-state index contributed by atoms with van der Waals surface area (Å²) in [6.45, 7) is 2.71. The Morgan fingerprint density at radius 1 is 1.32 bits per heavy atom. The molecule has 1 unspecified atom stereocenters. The van der Waals surface area contributed by atoms with Crippen LogP contribution in [0.4, 0.5) is 18.9 Å². The molecule has 6 heteroatoms. The van der Waals surface area contributed by atoms with Crippen molar-refractivity contribution in [3.63, 3.8) is 0 Å². The van der Waals surface area contributed by atoms with Gasteiger partial charge in [0.25, 0.3) is 0 Å². The maximum absolute atomic E-state index is 12.5. The van der Waals surface area contributed by atoms with Gasteiger partial charge in [0.2, 0.25) is 0 Å². The van der Waals surface area contributed by atoms with Crippen LogP contribution >= 0.6 is 0 Å². The SMILES string of the molecule is CNCC1CN(c2ccc(C(F)(F)F)cc2)CCO1. The normalized spacial score (nSPS) is 20.6. The van der Waals surface area contributed by atoms with Crippen LogP contribution in [0.2, 0.25) is 0 Å². The number of likely N-dealkylation sites (N-methyl/N-ethyl adjacent to an activating group) is 1. The van der Waals surface area contributed by atoms with Gasteiger partial charge in [-0.15, -0.1) is 0 Å². The molecule has 1 atom stereocenters. The van der Waals surface area contributed by atoms with Gasteiger partial charge in [-0.25, -0.2) is 0 Å². The average Bonchev–Trinajstić information content (AvgIpc) is 2.39. The summed E-state index contributed by atoms with van der Waals surface area (Å²) >= 11 is 0. The summed E-state index contributed by atoms with van der Waals surface area (Å²) in [6.07, 6.45) is -4.21. The van der Waals surface area contributed by atoms with Crippen LogP contribution in [0.25, 0.3) is 0 Å². The monoisotopic (exact) mass is 274 g/mol. The second kappa shape index (κ2) is 5.79. The Kier molecular flexibility index (Phi) is 4.31. The number of ether oxygens (including phenoxy) is 1. The van der Waals surface area contributed by atoms with Crippen molar-refractivity contribution in [3.8, 4) is 0 Å². The summed E-state index contributed by atoms with van der Waals surface area (Å²) in [5.41, 5.74) is 0.189. The maximum atomic E-state index is 12.5. The topological polar surface area (TPSA) is 24.5 Å². The first kappa shape index (κ1) is 14.1. The largest absolute Gasteiger partial charge is 0.416 e. The van der Waals surface area contributed by atoms with E-state index in [2.05, 4.69) is 5.32 Å². The molecule has 1 N–H and O–H groups in total. The lowest BCUT2D eigenvalue weighted by Gasteiger charge is -2.34. The molecule has 0 spiro atoms. The van der Waals surface area contributed by atoms with Crippen molar-refractivity contribution in [2.45, 2.75) is 12.3 Å². The third-order valence-electron chi connectivity index (χ3n) is 3.13. The molecule has 106 valence electrons. The van der Waals surface area contributed by atoms with E-state index in [1.165, 1.54) is 12.1 Å². The lowest BCUT2D eigenvalue weighted by Crippen LogP contribution is -2.46. The van der Waals surface area contributed by atoms with Gasteiger partial charge in [-0.05, 0) is 31.3 Å². The quantitative estimate of drug-likeness (QED) is 0.914. The number of hydrogen-bond acceptors (Lipinski definition) is 3. The zero-order valence-corrected chi connectivity index (χ0v) is 10.7. The molecular weight excluding hydrogens is 257 g/mol. The van der Waals surface area contributed by atoms with E-state index in [9.17, 15) is 13.2 Å². The number of nitrogens with one attached hydrogen (secondary N) is 1. The van der Waals surface area contributed by atoms with E-state index in [1.54, 1.807) is 0 Å². The number of hydrogen-bond donors (Lipinski definition) is 1. The molecule has 0 aliphatic carbocycles. The van der Waals surface area contributed by atoms with Crippen molar-refractivity contribution in [2.24, 2.45) is 0 Å². The highest BCUT2D eigenvalue weighted by Gasteiger charge is 2.30. The van der Waals surface area contributed by atoms with Gasteiger partial charge in [0, 0.05) is 25.3 Å². The number of alkyl halides is 3. The summed E-state index contributed by atoms with van der Waals surface area (Å²) in [7, 11) is 1.85. The summed E-state index contributed by atoms with van der Waals surface area (Å²) in [6, 6.07) is 5.28. The Bertz CT molecular complexity index is 403. The van der Waals surface area contributed by atoms with Gasteiger partial charge in [-0.2, -0.15) is 13.2 Å². The lowest BCUT2D eigenvalue weighted by molar-refractivity contribution is -0.137. The van der Waals surface area contributed by atoms with Crippen LogP contribution in [0.15, 0.2) is 24.3 Å². The van der Waals surface area contributed by atoms with E-state index < -0.39 is 11.7 Å². The van der Waals surface area contributed by atoms with E-state index in [0.29, 0.717) is 19.7 Å². The van der Waals surface area contributed by atoms with E-state index in [1.807, 2.05) is 11.9 Å². The molecule has 0 amide bonds. The van der Waals surface area contributed by atoms with Crippen molar-refractivity contribution in [1.82, 2.24) is 5.32 Å². The minimum Gasteiger partial charge on any atom is -0.373 e. The van der Waals surface area contributed by atoms with Gasteiger partial charge in [-0.3, -0.25) is 0 Å². The van der Waals surface area contributed by atoms with Crippen LogP contribution in [-0.2, 0) is 10.9 Å². The van der Waals surface area contributed by atoms with E-state index >= 15 is 0 Å². The number of rotatable bonds is 3. The average molecular weight is 274 g/mol. The van der Waals surface area contributed by atoms with Crippen LogP contribution in [0.5, 0.6) is 0 Å². The fraction of sp³-hybridized carbons (Fsp3) is 0.538. The minimum absolute atomic E-state index is 0.0704. The zero-order chi connectivity index (χ0) is 13.9. The molecule has 19 heavy (non-hydrogen) atoms. The van der Waals surface area contributed by atoms with E-state index in [-0.39, 0.29) is 6.10 Å². The summed E-state index contributed by atoms with van der Waals surface area (Å²) < 4.78 is 43.0. The van der Waals surface area contributed by atoms with Crippen molar-refractivity contribution >= 4 is 5.69 Å². The molecule has 0 aromatic heterocycles. The second-order valence-electron chi connectivity index (χ2n) is 4.54. The molecule has 2 rings (SSSR count). The number of anilines is 1. The fourth-order valence-corrected chi connectivity index (χ4v) is 2.17. The Labute approximate surface area is 110 Å². The molecule has 0 saturated carbocycles. The highest BCUT2D eigenvalue weighted by Crippen LogP contribution is 2.30. The molecule has 1 aromatic rings. The van der Waals surface area contributed by atoms with Crippen molar-refractivity contribution in [2.75, 3.05) is 38.2 Å². The molecule has 1 aliphatic heterocycles.